The Balaban J connectivity index is 2.43. The van der Waals surface area contributed by atoms with Gasteiger partial charge in [0.15, 0.2) is 0 Å². The molecular formula is C8H14N2. The van der Waals surface area contributed by atoms with Crippen LogP contribution in [-0.2, 0) is 0 Å². The van der Waals surface area contributed by atoms with Crippen LogP contribution in [0.3, 0.4) is 0 Å². The summed E-state index contributed by atoms with van der Waals surface area (Å²) in [5.41, 5.74) is 0. The second kappa shape index (κ2) is 3.03. The molecule has 0 aromatic heterocycles. The first-order chi connectivity index (χ1) is 4.75. The van der Waals surface area contributed by atoms with Crippen molar-refractivity contribution >= 4 is 0 Å². The minimum absolute atomic E-state index is 0.611. The van der Waals surface area contributed by atoms with E-state index >= 15 is 0 Å². The molecule has 0 aliphatic carbocycles. The van der Waals surface area contributed by atoms with Gasteiger partial charge in [-0.05, 0) is 32.9 Å². The molecule has 0 aromatic rings. The van der Waals surface area contributed by atoms with Crippen LogP contribution >= 0.6 is 0 Å². The molecule has 0 spiro atoms. The lowest BCUT2D eigenvalue weighted by molar-refractivity contribution is 0.294. The van der Waals surface area contributed by atoms with Crippen molar-refractivity contribution in [2.45, 2.75) is 25.8 Å². The standard InChI is InChI=1S/C8H14N2/c1-7-8(3-5-9)4-6-10(7)2/h7-8H,3-4,6H2,1-2H3. The largest absolute Gasteiger partial charge is 0.303 e. The third-order valence-electron chi connectivity index (χ3n) is 2.58. The van der Waals surface area contributed by atoms with E-state index in [1.165, 1.54) is 6.42 Å². The monoisotopic (exact) mass is 138 g/mol. The Morgan fingerprint density at radius 1 is 1.70 bits per heavy atom. The quantitative estimate of drug-likeness (QED) is 0.545. The van der Waals surface area contributed by atoms with Crippen molar-refractivity contribution in [2.24, 2.45) is 5.92 Å². The molecule has 56 valence electrons. The smallest absolute Gasteiger partial charge is 0.0625 e. The summed E-state index contributed by atoms with van der Waals surface area (Å²) in [6.07, 6.45) is 1.93. The van der Waals surface area contributed by atoms with E-state index in [4.69, 9.17) is 5.26 Å². The first-order valence-corrected chi connectivity index (χ1v) is 3.83. The van der Waals surface area contributed by atoms with E-state index in [1.54, 1.807) is 0 Å². The molecule has 1 heterocycles. The topological polar surface area (TPSA) is 27.0 Å². The van der Waals surface area contributed by atoms with Crippen LogP contribution in [0.25, 0.3) is 0 Å². The van der Waals surface area contributed by atoms with E-state index in [2.05, 4.69) is 24.9 Å². The minimum Gasteiger partial charge on any atom is -0.303 e. The molecule has 2 nitrogen and oxygen atoms in total. The number of nitrogens with zero attached hydrogens (tertiary/aromatic N) is 2. The minimum atomic E-state index is 0.611. The normalized spacial score (nSPS) is 34.1. The summed E-state index contributed by atoms with van der Waals surface area (Å²) in [5, 5.41) is 8.46. The van der Waals surface area contributed by atoms with Crippen LogP contribution < -0.4 is 0 Å². The Hall–Kier alpha value is -0.550. The molecule has 0 saturated carbocycles. The Labute approximate surface area is 62.4 Å². The van der Waals surface area contributed by atoms with E-state index in [0.717, 1.165) is 13.0 Å². The molecule has 0 N–H and O–H groups in total. The maximum Gasteiger partial charge on any atom is 0.0625 e. The Morgan fingerprint density at radius 2 is 2.40 bits per heavy atom. The molecule has 1 fully saturated rings. The molecular weight excluding hydrogens is 124 g/mol. The summed E-state index contributed by atoms with van der Waals surface area (Å²) in [6.45, 7) is 3.36. The lowest BCUT2D eigenvalue weighted by Gasteiger charge is -2.17. The zero-order chi connectivity index (χ0) is 7.56. The van der Waals surface area contributed by atoms with Gasteiger partial charge < -0.3 is 4.90 Å². The zero-order valence-electron chi connectivity index (χ0n) is 6.67. The van der Waals surface area contributed by atoms with Gasteiger partial charge in [0.1, 0.15) is 0 Å². The summed E-state index contributed by atoms with van der Waals surface area (Å²) < 4.78 is 0. The highest BCUT2D eigenvalue weighted by atomic mass is 15.1. The van der Waals surface area contributed by atoms with E-state index in [9.17, 15) is 0 Å². The number of hydrogen-bond donors (Lipinski definition) is 0. The van der Waals surface area contributed by atoms with Crippen molar-refractivity contribution in [3.8, 4) is 6.07 Å². The summed E-state index contributed by atoms with van der Waals surface area (Å²) in [6, 6.07) is 2.84. The molecule has 1 saturated heterocycles. The van der Waals surface area contributed by atoms with E-state index in [0.29, 0.717) is 12.0 Å². The van der Waals surface area contributed by atoms with E-state index in [-0.39, 0.29) is 0 Å². The fraction of sp³-hybridized carbons (Fsp3) is 0.875. The average molecular weight is 138 g/mol. The first kappa shape index (κ1) is 7.56. The Kier molecular flexibility index (Phi) is 2.29. The van der Waals surface area contributed by atoms with Gasteiger partial charge in [0.2, 0.25) is 0 Å². The van der Waals surface area contributed by atoms with Crippen LogP contribution in [0.5, 0.6) is 0 Å². The van der Waals surface area contributed by atoms with E-state index in [1.807, 2.05) is 0 Å². The van der Waals surface area contributed by atoms with Gasteiger partial charge in [0.25, 0.3) is 0 Å². The lowest BCUT2D eigenvalue weighted by Crippen LogP contribution is -2.25. The van der Waals surface area contributed by atoms with Crippen molar-refractivity contribution in [3.05, 3.63) is 0 Å². The SMILES string of the molecule is CC1C(CC#N)CCN1C. The molecule has 2 heteroatoms. The predicted octanol–water partition coefficient (Wildman–Crippen LogP) is 1.24. The maximum absolute atomic E-state index is 8.46. The van der Waals surface area contributed by atoms with Gasteiger partial charge in [-0.2, -0.15) is 5.26 Å². The zero-order valence-corrected chi connectivity index (χ0v) is 6.67. The highest BCUT2D eigenvalue weighted by Gasteiger charge is 2.27. The molecule has 2 atom stereocenters. The van der Waals surface area contributed by atoms with E-state index < -0.39 is 0 Å². The van der Waals surface area contributed by atoms with Gasteiger partial charge in [-0.25, -0.2) is 0 Å². The second-order valence-corrected chi connectivity index (χ2v) is 3.13. The van der Waals surface area contributed by atoms with Gasteiger partial charge in [-0.15, -0.1) is 0 Å². The van der Waals surface area contributed by atoms with Crippen molar-refractivity contribution in [1.82, 2.24) is 4.90 Å². The second-order valence-electron chi connectivity index (χ2n) is 3.13. The predicted molar refractivity (Wildman–Crippen MR) is 40.4 cm³/mol. The third-order valence-corrected chi connectivity index (χ3v) is 2.58. The van der Waals surface area contributed by atoms with Gasteiger partial charge in [-0.1, -0.05) is 0 Å². The Morgan fingerprint density at radius 3 is 2.80 bits per heavy atom. The molecule has 1 aliphatic rings. The van der Waals surface area contributed by atoms with Gasteiger partial charge in [0, 0.05) is 12.5 Å². The fourth-order valence-electron chi connectivity index (χ4n) is 1.56. The molecule has 0 bridgehead atoms. The van der Waals surface area contributed by atoms with Crippen molar-refractivity contribution in [3.63, 3.8) is 0 Å². The maximum atomic E-state index is 8.46. The molecule has 2 unspecified atom stereocenters. The summed E-state index contributed by atoms with van der Waals surface area (Å²) in [4.78, 5) is 2.32. The van der Waals surface area contributed by atoms with Gasteiger partial charge in [0.05, 0.1) is 6.07 Å². The fourth-order valence-corrected chi connectivity index (χ4v) is 1.56. The number of likely N-dealkylation sites (tertiary alicyclic amines) is 1. The first-order valence-electron chi connectivity index (χ1n) is 3.83. The van der Waals surface area contributed by atoms with Crippen LogP contribution in [0.1, 0.15) is 19.8 Å². The van der Waals surface area contributed by atoms with Crippen molar-refractivity contribution in [1.29, 1.82) is 5.26 Å². The summed E-state index contributed by atoms with van der Waals surface area (Å²) >= 11 is 0. The van der Waals surface area contributed by atoms with Crippen LogP contribution in [0.4, 0.5) is 0 Å². The van der Waals surface area contributed by atoms with Crippen LogP contribution in [-0.4, -0.2) is 24.5 Å². The van der Waals surface area contributed by atoms with Crippen molar-refractivity contribution < 1.29 is 0 Å². The molecule has 1 rings (SSSR count). The summed E-state index contributed by atoms with van der Waals surface area (Å²) in [5.74, 6) is 0.620. The third kappa shape index (κ3) is 1.30. The van der Waals surface area contributed by atoms with Crippen LogP contribution in [0.15, 0.2) is 0 Å². The van der Waals surface area contributed by atoms with Gasteiger partial charge in [-0.3, -0.25) is 0 Å². The van der Waals surface area contributed by atoms with Crippen LogP contribution in [0, 0.1) is 17.2 Å². The summed E-state index contributed by atoms with van der Waals surface area (Å²) in [7, 11) is 2.13. The highest BCUT2D eigenvalue weighted by molar-refractivity contribution is 4.87. The van der Waals surface area contributed by atoms with Crippen LogP contribution in [0.2, 0.25) is 0 Å². The lowest BCUT2D eigenvalue weighted by atomic mass is 9.99. The highest BCUT2D eigenvalue weighted by Crippen LogP contribution is 2.24. The molecule has 0 aromatic carbocycles. The van der Waals surface area contributed by atoms with Crippen molar-refractivity contribution in [2.75, 3.05) is 13.6 Å². The molecule has 0 radical (unpaired) electrons. The molecule has 1 aliphatic heterocycles. The average Bonchev–Trinajstić information content (AvgIpc) is 2.20. The number of nitriles is 1. The number of rotatable bonds is 1. The molecule has 10 heavy (non-hydrogen) atoms. The van der Waals surface area contributed by atoms with Gasteiger partial charge >= 0.3 is 0 Å². The Bertz CT molecular complexity index is 148. The molecule has 0 amide bonds. The number of hydrogen-bond acceptors (Lipinski definition) is 2.